The molecule has 5 nitrogen and oxygen atoms in total. The van der Waals surface area contributed by atoms with Gasteiger partial charge in [0.05, 0.1) is 6.04 Å². The molecule has 0 saturated heterocycles. The van der Waals surface area contributed by atoms with E-state index >= 15 is 0 Å². The minimum Gasteiger partial charge on any atom is -0.343 e. The molecule has 2 aromatic carbocycles. The Balaban J connectivity index is 1.75. The Labute approximate surface area is 190 Å². The Kier molecular flexibility index (Phi) is 6.28. The van der Waals surface area contributed by atoms with Gasteiger partial charge in [-0.1, -0.05) is 30.3 Å². The number of nitrogens with one attached hydrogen (secondary N) is 2. The van der Waals surface area contributed by atoms with E-state index in [0.717, 1.165) is 21.8 Å². The van der Waals surface area contributed by atoms with Crippen molar-refractivity contribution in [1.82, 2.24) is 9.97 Å². The first-order chi connectivity index (χ1) is 15.4. The lowest BCUT2D eigenvalue weighted by Gasteiger charge is -2.21. The number of thiophene rings is 1. The van der Waals surface area contributed by atoms with Gasteiger partial charge in [0.15, 0.2) is 0 Å². The highest BCUT2D eigenvalue weighted by atomic mass is 32.1. The summed E-state index contributed by atoms with van der Waals surface area (Å²) in [4.78, 5) is 22.8. The third-order valence-corrected chi connectivity index (χ3v) is 5.88. The highest BCUT2D eigenvalue weighted by Gasteiger charge is 2.23. The zero-order valence-electron chi connectivity index (χ0n) is 18.0. The molecule has 2 N–H and O–H groups in total. The Hall–Kier alpha value is -3.58. The lowest BCUT2D eigenvalue weighted by atomic mass is 10.00. The van der Waals surface area contributed by atoms with Crippen molar-refractivity contribution in [2.24, 2.45) is 0 Å². The number of halogens is 1. The Bertz CT molecular complexity index is 1240. The first kappa shape index (κ1) is 21.6. The number of benzene rings is 2. The van der Waals surface area contributed by atoms with Crippen LogP contribution >= 0.6 is 11.3 Å². The molecule has 4 aromatic rings. The Morgan fingerprint density at radius 3 is 2.34 bits per heavy atom. The summed E-state index contributed by atoms with van der Waals surface area (Å²) in [6.07, 6.45) is 0. The molecule has 1 unspecified atom stereocenters. The first-order valence-electron chi connectivity index (χ1n) is 10.2. The number of amides is 1. The summed E-state index contributed by atoms with van der Waals surface area (Å²) in [7, 11) is 0. The maximum atomic E-state index is 14.1. The minimum atomic E-state index is -0.456. The summed E-state index contributed by atoms with van der Waals surface area (Å²) in [5.41, 5.74) is 3.76. The third-order valence-electron chi connectivity index (χ3n) is 4.90. The summed E-state index contributed by atoms with van der Waals surface area (Å²) in [6, 6.07) is 18.9. The van der Waals surface area contributed by atoms with Crippen LogP contribution in [0.2, 0.25) is 0 Å². The SMILES string of the molecule is Cc1cc(C)nc(NC(c2cccc(F)c2)c2cc(C)sc2NC(=O)c2ccccc2)n1. The molecule has 0 radical (unpaired) electrons. The van der Waals surface area contributed by atoms with Crippen molar-refractivity contribution in [3.8, 4) is 0 Å². The van der Waals surface area contributed by atoms with E-state index < -0.39 is 6.04 Å². The molecule has 1 amide bonds. The Morgan fingerprint density at radius 2 is 1.66 bits per heavy atom. The largest absolute Gasteiger partial charge is 0.343 e. The van der Waals surface area contributed by atoms with Crippen LogP contribution in [0.25, 0.3) is 0 Å². The Morgan fingerprint density at radius 1 is 0.938 bits per heavy atom. The van der Waals surface area contributed by atoms with Gasteiger partial charge in [0, 0.05) is 27.4 Å². The van der Waals surface area contributed by atoms with E-state index in [0.29, 0.717) is 22.1 Å². The van der Waals surface area contributed by atoms with E-state index in [1.807, 2.05) is 57.2 Å². The van der Waals surface area contributed by atoms with E-state index in [4.69, 9.17) is 0 Å². The number of aryl methyl sites for hydroxylation is 3. The van der Waals surface area contributed by atoms with Gasteiger partial charge >= 0.3 is 0 Å². The quantitative estimate of drug-likeness (QED) is 0.378. The van der Waals surface area contributed by atoms with E-state index in [1.165, 1.54) is 23.5 Å². The number of hydrogen-bond acceptors (Lipinski definition) is 5. The molecular weight excluding hydrogens is 423 g/mol. The average molecular weight is 447 g/mol. The van der Waals surface area contributed by atoms with Gasteiger partial charge in [-0.05, 0) is 62.7 Å². The molecule has 0 aliphatic heterocycles. The normalized spacial score (nSPS) is 11.8. The van der Waals surface area contributed by atoms with Crippen LogP contribution in [0.4, 0.5) is 15.3 Å². The second-order valence-electron chi connectivity index (χ2n) is 7.57. The maximum absolute atomic E-state index is 14.1. The standard InChI is InChI=1S/C25H23FN4OS/c1-15-12-16(2)28-25(27-15)29-22(19-10-7-11-20(26)14-19)21-13-17(3)32-24(21)30-23(31)18-8-5-4-6-9-18/h4-14,22H,1-3H3,(H,30,31)(H,27,28,29). The van der Waals surface area contributed by atoms with Crippen LogP contribution in [0.5, 0.6) is 0 Å². The highest BCUT2D eigenvalue weighted by Crippen LogP contribution is 2.37. The fourth-order valence-electron chi connectivity index (χ4n) is 3.56. The second-order valence-corrected chi connectivity index (χ2v) is 8.82. The molecule has 162 valence electrons. The summed E-state index contributed by atoms with van der Waals surface area (Å²) >= 11 is 1.47. The number of anilines is 2. The molecule has 0 saturated carbocycles. The van der Waals surface area contributed by atoms with Crippen molar-refractivity contribution in [3.63, 3.8) is 0 Å². The van der Waals surface area contributed by atoms with Crippen molar-refractivity contribution in [1.29, 1.82) is 0 Å². The van der Waals surface area contributed by atoms with Gasteiger partial charge in [0.25, 0.3) is 5.91 Å². The van der Waals surface area contributed by atoms with Crippen molar-refractivity contribution < 1.29 is 9.18 Å². The smallest absolute Gasteiger partial charge is 0.256 e. The predicted octanol–water partition coefficient (Wildman–Crippen LogP) is 6.06. The molecular formula is C25H23FN4OS. The minimum absolute atomic E-state index is 0.200. The highest BCUT2D eigenvalue weighted by molar-refractivity contribution is 7.16. The number of carbonyl (C=O) groups is 1. The van der Waals surface area contributed by atoms with Crippen molar-refractivity contribution in [3.05, 3.63) is 106 Å². The van der Waals surface area contributed by atoms with Gasteiger partial charge in [-0.2, -0.15) is 0 Å². The molecule has 2 heterocycles. The number of nitrogens with zero attached hydrogens (tertiary/aromatic N) is 2. The maximum Gasteiger partial charge on any atom is 0.256 e. The van der Waals surface area contributed by atoms with Gasteiger partial charge in [-0.25, -0.2) is 14.4 Å². The monoisotopic (exact) mass is 446 g/mol. The zero-order valence-corrected chi connectivity index (χ0v) is 18.8. The van der Waals surface area contributed by atoms with E-state index in [9.17, 15) is 9.18 Å². The fourth-order valence-corrected chi connectivity index (χ4v) is 4.50. The van der Waals surface area contributed by atoms with Crippen LogP contribution in [0.3, 0.4) is 0 Å². The summed E-state index contributed by atoms with van der Waals surface area (Å²) < 4.78 is 14.1. The lowest BCUT2D eigenvalue weighted by molar-refractivity contribution is 0.102. The van der Waals surface area contributed by atoms with Crippen molar-refractivity contribution in [2.45, 2.75) is 26.8 Å². The van der Waals surface area contributed by atoms with Gasteiger partial charge < -0.3 is 10.6 Å². The van der Waals surface area contributed by atoms with Gasteiger partial charge in [-0.15, -0.1) is 11.3 Å². The first-order valence-corrected chi connectivity index (χ1v) is 11.0. The summed E-state index contributed by atoms with van der Waals surface area (Å²) in [5.74, 6) is -0.0900. The van der Waals surface area contributed by atoms with E-state index in [-0.39, 0.29) is 11.7 Å². The van der Waals surface area contributed by atoms with Gasteiger partial charge in [-0.3, -0.25) is 4.79 Å². The zero-order chi connectivity index (χ0) is 22.7. The van der Waals surface area contributed by atoms with Crippen LogP contribution in [-0.2, 0) is 0 Å². The van der Waals surface area contributed by atoms with Crippen LogP contribution in [0, 0.1) is 26.6 Å². The van der Waals surface area contributed by atoms with Crippen LogP contribution < -0.4 is 10.6 Å². The van der Waals surface area contributed by atoms with Crippen molar-refractivity contribution >= 4 is 28.2 Å². The fraction of sp³-hybridized carbons (Fsp3) is 0.160. The van der Waals surface area contributed by atoms with E-state index in [1.54, 1.807) is 18.2 Å². The number of carbonyl (C=O) groups excluding carboxylic acids is 1. The van der Waals surface area contributed by atoms with Crippen LogP contribution in [0.15, 0.2) is 66.7 Å². The molecule has 1 atom stereocenters. The van der Waals surface area contributed by atoms with Crippen LogP contribution in [0.1, 0.15) is 43.8 Å². The van der Waals surface area contributed by atoms with Gasteiger partial charge in [0.2, 0.25) is 5.95 Å². The summed E-state index contributed by atoms with van der Waals surface area (Å²) in [5, 5.41) is 7.08. The molecule has 0 bridgehead atoms. The molecule has 7 heteroatoms. The number of aromatic nitrogens is 2. The topological polar surface area (TPSA) is 66.9 Å². The van der Waals surface area contributed by atoms with Crippen LogP contribution in [-0.4, -0.2) is 15.9 Å². The van der Waals surface area contributed by atoms with Crippen molar-refractivity contribution in [2.75, 3.05) is 10.6 Å². The van der Waals surface area contributed by atoms with Gasteiger partial charge in [0.1, 0.15) is 10.8 Å². The molecule has 0 aliphatic carbocycles. The summed E-state index contributed by atoms with van der Waals surface area (Å²) in [6.45, 7) is 5.77. The lowest BCUT2D eigenvalue weighted by Crippen LogP contribution is -2.18. The number of hydrogen-bond donors (Lipinski definition) is 2. The molecule has 0 fully saturated rings. The molecule has 0 aliphatic rings. The average Bonchev–Trinajstić information content (AvgIpc) is 3.11. The molecule has 4 rings (SSSR count). The third kappa shape index (κ3) is 5.00. The number of rotatable bonds is 6. The molecule has 32 heavy (non-hydrogen) atoms. The molecule has 0 spiro atoms. The predicted molar refractivity (Wildman–Crippen MR) is 127 cm³/mol. The second kappa shape index (κ2) is 9.28. The van der Waals surface area contributed by atoms with E-state index in [2.05, 4.69) is 20.6 Å². The molecule has 2 aromatic heterocycles.